The van der Waals surface area contributed by atoms with Crippen LogP contribution in [0.15, 0.2) is 34.9 Å². The van der Waals surface area contributed by atoms with Crippen molar-refractivity contribution in [1.29, 1.82) is 0 Å². The fraction of sp³-hybridized carbons (Fsp3) is 0.381. The number of anilines is 1. The molecule has 2 N–H and O–H groups in total. The highest BCUT2D eigenvalue weighted by molar-refractivity contribution is 5.92. The van der Waals surface area contributed by atoms with Crippen LogP contribution in [0.25, 0.3) is 10.9 Å². The predicted octanol–water partition coefficient (Wildman–Crippen LogP) is 3.72. The van der Waals surface area contributed by atoms with E-state index in [1.807, 2.05) is 42.9 Å². The molecule has 0 saturated heterocycles. The largest absolute Gasteiger partial charge is 0.370 e. The molecule has 0 aliphatic carbocycles. The summed E-state index contributed by atoms with van der Waals surface area (Å²) in [6.45, 7) is 5.80. The van der Waals surface area contributed by atoms with Crippen molar-refractivity contribution in [2.75, 3.05) is 26.0 Å². The first-order chi connectivity index (χ1) is 13.5. The number of hydrogen-bond acceptors (Lipinski definition) is 6. The molecule has 150 valence electrons. The first-order valence-electron chi connectivity index (χ1n) is 9.36. The zero-order chi connectivity index (χ0) is 20.5. The Morgan fingerprint density at radius 2 is 1.93 bits per heavy atom. The van der Waals surface area contributed by atoms with Gasteiger partial charge in [-0.3, -0.25) is 9.59 Å². The highest BCUT2D eigenvalue weighted by Gasteiger charge is 2.08. The Balaban J connectivity index is 0.000000237. The summed E-state index contributed by atoms with van der Waals surface area (Å²) in [6.07, 6.45) is 2.62. The van der Waals surface area contributed by atoms with Crippen LogP contribution in [-0.4, -0.2) is 42.9 Å². The van der Waals surface area contributed by atoms with E-state index in [0.717, 1.165) is 54.6 Å². The third-order valence-electron chi connectivity index (χ3n) is 4.38. The number of aldehydes is 2. The van der Waals surface area contributed by atoms with Crippen LogP contribution < -0.4 is 10.6 Å². The molecule has 28 heavy (non-hydrogen) atoms. The summed E-state index contributed by atoms with van der Waals surface area (Å²) < 4.78 is 6.97. The zero-order valence-electron chi connectivity index (χ0n) is 16.9. The lowest BCUT2D eigenvalue weighted by Gasteiger charge is -2.07. The molecule has 0 aliphatic heterocycles. The highest BCUT2D eigenvalue weighted by atomic mass is 16.5. The van der Waals surface area contributed by atoms with Crippen molar-refractivity contribution in [3.63, 3.8) is 0 Å². The van der Waals surface area contributed by atoms with E-state index in [2.05, 4.69) is 29.6 Å². The molecule has 0 bridgehead atoms. The maximum Gasteiger partial charge on any atom is 0.169 e. The average Bonchev–Trinajstić information content (AvgIpc) is 3.33. The summed E-state index contributed by atoms with van der Waals surface area (Å²) >= 11 is 0. The third kappa shape index (κ3) is 5.29. The number of carbonyl (C=O) groups is 2. The molecule has 0 aliphatic rings. The number of benzene rings is 1. The lowest BCUT2D eigenvalue weighted by Crippen LogP contribution is -2.12. The van der Waals surface area contributed by atoms with Crippen molar-refractivity contribution in [2.45, 2.75) is 32.7 Å². The van der Waals surface area contributed by atoms with E-state index in [0.29, 0.717) is 17.2 Å². The lowest BCUT2D eigenvalue weighted by molar-refractivity contribution is 0.111. The van der Waals surface area contributed by atoms with E-state index >= 15 is 0 Å². The van der Waals surface area contributed by atoms with Gasteiger partial charge in [0.15, 0.2) is 12.1 Å². The van der Waals surface area contributed by atoms with Gasteiger partial charge in [-0.25, -0.2) is 0 Å². The van der Waals surface area contributed by atoms with E-state index in [1.165, 1.54) is 0 Å². The van der Waals surface area contributed by atoms with Crippen LogP contribution in [-0.2, 0) is 6.54 Å². The van der Waals surface area contributed by atoms with Crippen LogP contribution in [0.4, 0.5) is 5.82 Å². The Labute approximate surface area is 165 Å². The van der Waals surface area contributed by atoms with E-state index in [1.54, 1.807) is 6.07 Å². The molecule has 7 heteroatoms. The zero-order valence-corrected chi connectivity index (χ0v) is 16.9. The van der Waals surface area contributed by atoms with Crippen molar-refractivity contribution < 1.29 is 14.1 Å². The average molecular weight is 384 g/mol. The number of carbonyl (C=O) groups excluding carboxylic acids is 2. The summed E-state index contributed by atoms with van der Waals surface area (Å²) in [6, 6.07) is 9.23. The number of rotatable bonds is 8. The number of fused-ring (bicyclic) bond motifs is 1. The molecule has 0 radical (unpaired) electrons. The maximum atomic E-state index is 11.1. The molecule has 0 unspecified atom stereocenters. The first-order valence-corrected chi connectivity index (χ1v) is 9.36. The third-order valence-corrected chi connectivity index (χ3v) is 4.38. The molecular weight excluding hydrogens is 356 g/mol. The second-order valence-electron chi connectivity index (χ2n) is 6.75. The molecule has 0 atom stereocenters. The Kier molecular flexibility index (Phi) is 7.95. The topological polar surface area (TPSA) is 89.2 Å². The minimum Gasteiger partial charge on any atom is -0.370 e. The van der Waals surface area contributed by atoms with Crippen LogP contribution in [0.5, 0.6) is 0 Å². The monoisotopic (exact) mass is 384 g/mol. The van der Waals surface area contributed by atoms with Crippen molar-refractivity contribution in [2.24, 2.45) is 0 Å². The molecular formula is C21H28N4O3. The lowest BCUT2D eigenvalue weighted by atomic mass is 10.2. The van der Waals surface area contributed by atoms with E-state index in [-0.39, 0.29) is 0 Å². The Hall–Kier alpha value is -2.93. The molecule has 2 aromatic heterocycles. The van der Waals surface area contributed by atoms with Gasteiger partial charge in [0.05, 0.1) is 5.69 Å². The second kappa shape index (κ2) is 10.4. The molecule has 7 nitrogen and oxygen atoms in total. The molecule has 0 saturated carbocycles. The fourth-order valence-corrected chi connectivity index (χ4v) is 2.81. The van der Waals surface area contributed by atoms with Crippen LogP contribution >= 0.6 is 0 Å². The number of nitrogens with zero attached hydrogens (tertiary/aromatic N) is 2. The van der Waals surface area contributed by atoms with Gasteiger partial charge >= 0.3 is 0 Å². The van der Waals surface area contributed by atoms with E-state index < -0.39 is 0 Å². The normalized spacial score (nSPS) is 10.6. The van der Waals surface area contributed by atoms with Gasteiger partial charge < -0.3 is 19.7 Å². The fourth-order valence-electron chi connectivity index (χ4n) is 2.81. The van der Waals surface area contributed by atoms with Gasteiger partial charge in [-0.05, 0) is 32.1 Å². The Morgan fingerprint density at radius 1 is 1.14 bits per heavy atom. The Morgan fingerprint density at radius 3 is 2.46 bits per heavy atom. The van der Waals surface area contributed by atoms with Crippen LogP contribution in [0.3, 0.4) is 0 Å². The van der Waals surface area contributed by atoms with Gasteiger partial charge in [-0.1, -0.05) is 31.1 Å². The number of nitrogens with one attached hydrogen (secondary N) is 2. The van der Waals surface area contributed by atoms with Crippen molar-refractivity contribution >= 4 is 29.3 Å². The Bertz CT molecular complexity index is 912. The number of aromatic nitrogens is 2. The minimum absolute atomic E-state index is 0.412. The molecule has 0 amide bonds. The maximum absolute atomic E-state index is 11.1. The second-order valence-corrected chi connectivity index (χ2v) is 6.75. The van der Waals surface area contributed by atoms with Gasteiger partial charge in [-0.15, -0.1) is 0 Å². The van der Waals surface area contributed by atoms with Crippen molar-refractivity contribution in [3.05, 3.63) is 47.3 Å². The van der Waals surface area contributed by atoms with Crippen LogP contribution in [0, 0.1) is 0 Å². The molecule has 2 heterocycles. The quantitative estimate of drug-likeness (QED) is 0.454. The van der Waals surface area contributed by atoms with E-state index in [9.17, 15) is 9.59 Å². The molecule has 3 aromatic rings. The molecule has 0 spiro atoms. The first kappa shape index (κ1) is 21.4. The smallest absolute Gasteiger partial charge is 0.169 e. The molecule has 0 fully saturated rings. The number of aryl methyl sites for hydroxylation is 1. The summed E-state index contributed by atoms with van der Waals surface area (Å²) in [5.74, 6) is 2.13. The summed E-state index contributed by atoms with van der Waals surface area (Å²) in [5, 5.41) is 10.7. The van der Waals surface area contributed by atoms with Crippen molar-refractivity contribution in [3.8, 4) is 0 Å². The number of hydrogen-bond donors (Lipinski definition) is 2. The minimum atomic E-state index is 0.412. The molecule has 3 rings (SSSR count). The van der Waals surface area contributed by atoms with E-state index in [4.69, 9.17) is 4.52 Å². The van der Waals surface area contributed by atoms with Gasteiger partial charge in [0.1, 0.15) is 12.0 Å². The summed E-state index contributed by atoms with van der Waals surface area (Å²) in [5.41, 5.74) is 2.23. The summed E-state index contributed by atoms with van der Waals surface area (Å²) in [4.78, 5) is 21.9. The van der Waals surface area contributed by atoms with Gasteiger partial charge in [0.2, 0.25) is 0 Å². The standard InChI is InChI=1S/C14H16N2O2.C7H12N2O/c1-15-5-2-6-16-13(10-18)8-12-4-3-11(9-17)7-14(12)16;1-5(2)6-4-7(8-3)9-10-6/h3-4,7-10,15H,2,5-6H2,1H3;4-5H,1-3H3,(H,8,9). The van der Waals surface area contributed by atoms with Crippen LogP contribution in [0.1, 0.15) is 52.8 Å². The summed E-state index contributed by atoms with van der Waals surface area (Å²) in [7, 11) is 3.72. The highest BCUT2D eigenvalue weighted by Crippen LogP contribution is 2.20. The predicted molar refractivity (Wildman–Crippen MR) is 111 cm³/mol. The van der Waals surface area contributed by atoms with Gasteiger partial charge in [-0.2, -0.15) is 0 Å². The SMILES string of the molecule is CNCCCn1c(C=O)cc2ccc(C=O)cc21.CNc1cc(C(C)C)on1. The van der Waals surface area contributed by atoms with Crippen LogP contribution in [0.2, 0.25) is 0 Å². The molecule has 1 aromatic carbocycles. The van der Waals surface area contributed by atoms with Crippen molar-refractivity contribution in [1.82, 2.24) is 15.0 Å². The van der Waals surface area contributed by atoms with Gasteiger partial charge in [0.25, 0.3) is 0 Å². The van der Waals surface area contributed by atoms with Gasteiger partial charge in [0, 0.05) is 42.0 Å².